The highest BCUT2D eigenvalue weighted by Gasteiger charge is 2.33. The van der Waals surface area contributed by atoms with E-state index >= 15 is 0 Å². The van der Waals surface area contributed by atoms with Crippen LogP contribution in [0.25, 0.3) is 6.08 Å². The summed E-state index contributed by atoms with van der Waals surface area (Å²) in [6.07, 6.45) is 1.75. The first-order valence-corrected chi connectivity index (χ1v) is 12.0. The smallest absolute Gasteiger partial charge is 0.285 e. The Hall–Kier alpha value is -2.94. The van der Waals surface area contributed by atoms with Crippen molar-refractivity contribution < 1.29 is 14.3 Å². The number of thiocarbonyl (C=S) groups is 1. The molecule has 0 bridgehead atoms. The van der Waals surface area contributed by atoms with Gasteiger partial charge < -0.3 is 4.74 Å². The van der Waals surface area contributed by atoms with Gasteiger partial charge in [-0.2, -0.15) is 5.01 Å². The number of nitrogens with zero attached hydrogens (tertiary/aromatic N) is 1. The molecule has 3 aromatic rings. The van der Waals surface area contributed by atoms with Gasteiger partial charge in [0, 0.05) is 10.0 Å². The van der Waals surface area contributed by atoms with Crippen molar-refractivity contribution in [3.63, 3.8) is 0 Å². The van der Waals surface area contributed by atoms with Crippen LogP contribution in [-0.2, 0) is 11.4 Å². The Morgan fingerprint density at radius 3 is 2.61 bits per heavy atom. The molecule has 0 spiro atoms. The SMILES string of the molecule is Cc1ccccc1C(=O)NN1C(=O)/C(=C\c2ccc(OCc3cccc(Br)c3)cc2)SC1=S. The molecule has 2 amide bonds. The van der Waals surface area contributed by atoms with Crippen LogP contribution in [0.5, 0.6) is 5.75 Å². The average molecular weight is 539 g/mol. The minimum Gasteiger partial charge on any atom is -0.489 e. The molecule has 1 N–H and O–H groups in total. The molecule has 33 heavy (non-hydrogen) atoms. The molecule has 0 saturated carbocycles. The highest BCUT2D eigenvalue weighted by molar-refractivity contribution is 9.10. The topological polar surface area (TPSA) is 58.6 Å². The van der Waals surface area contributed by atoms with E-state index in [2.05, 4.69) is 21.4 Å². The Labute approximate surface area is 209 Å². The Bertz CT molecular complexity index is 1260. The van der Waals surface area contributed by atoms with Crippen LogP contribution in [0.1, 0.15) is 27.0 Å². The van der Waals surface area contributed by atoms with Crippen LogP contribution in [0, 0.1) is 6.92 Å². The van der Waals surface area contributed by atoms with E-state index in [1.807, 2.05) is 67.6 Å². The highest BCUT2D eigenvalue weighted by atomic mass is 79.9. The number of aryl methyl sites for hydroxylation is 1. The molecular formula is C25H19BrN2O3S2. The number of carbonyl (C=O) groups is 2. The second kappa shape index (κ2) is 10.3. The number of hydrogen-bond acceptors (Lipinski definition) is 5. The fourth-order valence-electron chi connectivity index (χ4n) is 3.16. The Morgan fingerprint density at radius 1 is 1.12 bits per heavy atom. The van der Waals surface area contributed by atoms with Crippen molar-refractivity contribution in [3.05, 3.63) is 104 Å². The third-order valence-corrected chi connectivity index (χ3v) is 6.66. The lowest BCUT2D eigenvalue weighted by Gasteiger charge is -2.16. The van der Waals surface area contributed by atoms with E-state index in [1.165, 1.54) is 0 Å². The van der Waals surface area contributed by atoms with Gasteiger partial charge in [0.2, 0.25) is 0 Å². The van der Waals surface area contributed by atoms with Gasteiger partial charge in [0.15, 0.2) is 4.32 Å². The fourth-order valence-corrected chi connectivity index (χ4v) is 4.78. The summed E-state index contributed by atoms with van der Waals surface area (Å²) in [6.45, 7) is 2.29. The largest absolute Gasteiger partial charge is 0.489 e. The lowest BCUT2D eigenvalue weighted by molar-refractivity contribution is -0.123. The van der Waals surface area contributed by atoms with E-state index in [0.29, 0.717) is 17.1 Å². The zero-order valence-corrected chi connectivity index (χ0v) is 20.8. The van der Waals surface area contributed by atoms with Gasteiger partial charge in [-0.25, -0.2) is 0 Å². The molecule has 0 aliphatic carbocycles. The van der Waals surface area contributed by atoms with Gasteiger partial charge in [-0.3, -0.25) is 15.0 Å². The number of ether oxygens (including phenoxy) is 1. The number of hydrazine groups is 1. The quantitative estimate of drug-likeness (QED) is 0.313. The maximum absolute atomic E-state index is 12.8. The highest BCUT2D eigenvalue weighted by Crippen LogP contribution is 2.32. The fraction of sp³-hybridized carbons (Fsp3) is 0.0800. The standard InChI is InChI=1S/C25H19BrN2O3S2/c1-16-5-2-3-8-21(16)23(29)27-28-24(30)22(33-25(28)32)14-17-9-11-20(12-10-17)31-15-18-6-4-7-19(26)13-18/h2-14H,15H2,1H3,(H,27,29)/b22-14+. The molecule has 5 nitrogen and oxygen atoms in total. The average Bonchev–Trinajstić information content (AvgIpc) is 3.06. The van der Waals surface area contributed by atoms with E-state index in [-0.39, 0.29) is 16.1 Å². The van der Waals surface area contributed by atoms with Gasteiger partial charge in [-0.15, -0.1) is 0 Å². The molecule has 3 aromatic carbocycles. The molecule has 0 unspecified atom stereocenters. The number of hydrogen-bond donors (Lipinski definition) is 1. The second-order valence-corrected chi connectivity index (χ2v) is 9.85. The predicted octanol–water partition coefficient (Wildman–Crippen LogP) is 5.88. The van der Waals surface area contributed by atoms with Gasteiger partial charge in [-0.1, -0.05) is 70.2 Å². The van der Waals surface area contributed by atoms with Gasteiger partial charge in [0.25, 0.3) is 11.8 Å². The summed E-state index contributed by atoms with van der Waals surface area (Å²) in [5, 5.41) is 1.12. The predicted molar refractivity (Wildman–Crippen MR) is 139 cm³/mol. The molecule has 4 rings (SSSR count). The minimum atomic E-state index is -0.377. The van der Waals surface area contributed by atoms with E-state index in [1.54, 1.807) is 18.2 Å². The second-order valence-electron chi connectivity index (χ2n) is 7.26. The molecule has 8 heteroatoms. The van der Waals surface area contributed by atoms with Gasteiger partial charge >= 0.3 is 0 Å². The Morgan fingerprint density at radius 2 is 1.88 bits per heavy atom. The molecule has 0 atom stereocenters. The van der Waals surface area contributed by atoms with Crippen molar-refractivity contribution in [2.75, 3.05) is 0 Å². The van der Waals surface area contributed by atoms with E-state index in [4.69, 9.17) is 17.0 Å². The van der Waals surface area contributed by atoms with E-state index in [9.17, 15) is 9.59 Å². The van der Waals surface area contributed by atoms with Crippen molar-refractivity contribution in [2.24, 2.45) is 0 Å². The third-order valence-electron chi connectivity index (χ3n) is 4.87. The van der Waals surface area contributed by atoms with E-state index in [0.717, 1.165) is 43.7 Å². The first-order valence-electron chi connectivity index (χ1n) is 10.0. The summed E-state index contributed by atoms with van der Waals surface area (Å²) in [5.41, 5.74) is 5.82. The number of carbonyl (C=O) groups excluding carboxylic acids is 2. The number of benzene rings is 3. The van der Waals surface area contributed by atoms with Crippen LogP contribution in [-0.4, -0.2) is 21.1 Å². The van der Waals surface area contributed by atoms with Crippen molar-refractivity contribution in [3.8, 4) is 5.75 Å². The lowest BCUT2D eigenvalue weighted by atomic mass is 10.1. The third kappa shape index (κ3) is 5.71. The van der Waals surface area contributed by atoms with Crippen molar-refractivity contribution in [2.45, 2.75) is 13.5 Å². The zero-order valence-electron chi connectivity index (χ0n) is 17.6. The molecule has 1 saturated heterocycles. The summed E-state index contributed by atoms with van der Waals surface area (Å²) in [7, 11) is 0. The number of nitrogens with one attached hydrogen (secondary N) is 1. The summed E-state index contributed by atoms with van der Waals surface area (Å²) in [4.78, 5) is 25.9. The molecule has 1 heterocycles. The van der Waals surface area contributed by atoms with Crippen molar-refractivity contribution >= 4 is 62.1 Å². The van der Waals surface area contributed by atoms with Crippen molar-refractivity contribution in [1.82, 2.24) is 10.4 Å². The molecule has 166 valence electrons. The summed E-state index contributed by atoms with van der Waals surface area (Å²) >= 11 is 9.92. The number of thioether (sulfide) groups is 1. The number of rotatable bonds is 6. The first kappa shape index (κ1) is 23.2. The van der Waals surface area contributed by atoms with Gasteiger partial charge in [0.1, 0.15) is 12.4 Å². The lowest BCUT2D eigenvalue weighted by Crippen LogP contribution is -2.45. The maximum atomic E-state index is 12.8. The first-order chi connectivity index (χ1) is 15.9. The molecule has 0 radical (unpaired) electrons. The Balaban J connectivity index is 1.40. The van der Waals surface area contributed by atoms with Crippen molar-refractivity contribution in [1.29, 1.82) is 0 Å². The minimum absolute atomic E-state index is 0.280. The van der Waals surface area contributed by atoms with Crippen LogP contribution >= 0.6 is 39.9 Å². The number of halogens is 1. The van der Waals surface area contributed by atoms with Crippen LogP contribution in [0.4, 0.5) is 0 Å². The zero-order chi connectivity index (χ0) is 23.4. The van der Waals surface area contributed by atoms with Crippen LogP contribution in [0.2, 0.25) is 0 Å². The molecule has 1 aliphatic heterocycles. The summed E-state index contributed by atoms with van der Waals surface area (Å²) < 4.78 is 7.12. The summed E-state index contributed by atoms with van der Waals surface area (Å²) in [6, 6.07) is 22.6. The normalized spacial score (nSPS) is 14.6. The van der Waals surface area contributed by atoms with Gasteiger partial charge in [0.05, 0.1) is 4.91 Å². The Kier molecular flexibility index (Phi) is 7.27. The van der Waals surface area contributed by atoms with Crippen LogP contribution in [0.3, 0.4) is 0 Å². The molecular weight excluding hydrogens is 520 g/mol. The van der Waals surface area contributed by atoms with E-state index < -0.39 is 0 Å². The molecule has 1 fully saturated rings. The number of amides is 2. The van der Waals surface area contributed by atoms with Crippen LogP contribution in [0.15, 0.2) is 82.2 Å². The van der Waals surface area contributed by atoms with Crippen LogP contribution < -0.4 is 10.2 Å². The molecule has 0 aromatic heterocycles. The summed E-state index contributed by atoms with van der Waals surface area (Å²) in [5.74, 6) is -0.00955. The monoisotopic (exact) mass is 538 g/mol. The maximum Gasteiger partial charge on any atom is 0.285 e. The van der Waals surface area contributed by atoms with Gasteiger partial charge in [-0.05, 0) is 72.2 Å². The molecule has 1 aliphatic rings.